The van der Waals surface area contributed by atoms with E-state index >= 15 is 0 Å². The zero-order valence-corrected chi connectivity index (χ0v) is 14.9. The predicted octanol–water partition coefficient (Wildman–Crippen LogP) is 4.04. The van der Waals surface area contributed by atoms with Gasteiger partial charge in [0.15, 0.2) is 0 Å². The fourth-order valence-electron chi connectivity index (χ4n) is 2.90. The molecule has 1 amide bonds. The Labute approximate surface area is 148 Å². The van der Waals surface area contributed by atoms with E-state index in [2.05, 4.69) is 21.8 Å². The van der Waals surface area contributed by atoms with Crippen LogP contribution in [-0.4, -0.2) is 40.2 Å². The van der Waals surface area contributed by atoms with Crippen LogP contribution in [0.2, 0.25) is 0 Å². The number of hydrogen-bond donors (Lipinski definition) is 3. The smallest absolute Gasteiger partial charge is 0.404 e. The van der Waals surface area contributed by atoms with Gasteiger partial charge in [-0.25, -0.2) is 9.10 Å². The minimum atomic E-state index is -0.964. The molecule has 5 nitrogen and oxygen atoms in total. The topological polar surface area (TPSA) is 72.8 Å². The van der Waals surface area contributed by atoms with Crippen LogP contribution in [-0.2, 0) is 0 Å². The molecule has 1 atom stereocenters. The Morgan fingerprint density at radius 1 is 1.25 bits per heavy atom. The third-order valence-corrected chi connectivity index (χ3v) is 5.31. The lowest BCUT2D eigenvalue weighted by molar-refractivity contribution is 0.163. The van der Waals surface area contributed by atoms with Gasteiger partial charge in [-0.1, -0.05) is 37.8 Å². The van der Waals surface area contributed by atoms with Crippen molar-refractivity contribution in [3.05, 3.63) is 29.8 Å². The van der Waals surface area contributed by atoms with Crippen molar-refractivity contribution in [3.8, 4) is 0 Å². The Balaban J connectivity index is 1.97. The summed E-state index contributed by atoms with van der Waals surface area (Å²) < 4.78 is 2.31. The van der Waals surface area contributed by atoms with Gasteiger partial charge in [-0.05, 0) is 48.9 Å². The Kier molecular flexibility index (Phi) is 8.42. The van der Waals surface area contributed by atoms with Crippen molar-refractivity contribution in [2.24, 2.45) is 0 Å². The number of aliphatic hydroxyl groups excluding tert-OH is 1. The Morgan fingerprint density at radius 3 is 2.88 bits per heavy atom. The van der Waals surface area contributed by atoms with Crippen LogP contribution in [0.1, 0.15) is 56.6 Å². The number of hydrogen-bond acceptors (Lipinski definition) is 4. The molecule has 3 N–H and O–H groups in total. The molecule has 0 aromatic heterocycles. The average Bonchev–Trinajstić information content (AvgIpc) is 2.57. The summed E-state index contributed by atoms with van der Waals surface area (Å²) in [6.45, 7) is 2.33. The number of benzene rings is 1. The molecule has 6 heteroatoms. The van der Waals surface area contributed by atoms with E-state index in [1.54, 1.807) is 11.9 Å². The van der Waals surface area contributed by atoms with Crippen molar-refractivity contribution < 1.29 is 15.0 Å². The molecular weight excluding hydrogens is 324 g/mol. The highest BCUT2D eigenvalue weighted by Crippen LogP contribution is 2.28. The quantitative estimate of drug-likeness (QED) is 0.563. The van der Waals surface area contributed by atoms with Gasteiger partial charge in [-0.2, -0.15) is 0 Å². The monoisotopic (exact) mass is 352 g/mol. The second kappa shape index (κ2) is 10.6. The van der Waals surface area contributed by atoms with E-state index in [4.69, 9.17) is 5.11 Å². The fraction of sp³-hybridized carbons (Fsp3) is 0.611. The zero-order valence-electron chi connectivity index (χ0n) is 14.1. The van der Waals surface area contributed by atoms with Crippen molar-refractivity contribution >= 4 is 18.0 Å². The molecule has 134 valence electrons. The van der Waals surface area contributed by atoms with Crippen molar-refractivity contribution in [1.82, 2.24) is 9.62 Å². The van der Waals surface area contributed by atoms with Crippen LogP contribution in [0.3, 0.4) is 0 Å². The van der Waals surface area contributed by atoms with Crippen LogP contribution in [0.25, 0.3) is 0 Å². The van der Waals surface area contributed by atoms with E-state index in [-0.39, 0.29) is 6.10 Å². The number of aliphatic hydroxyl groups is 1. The Morgan fingerprint density at radius 2 is 2.04 bits per heavy atom. The molecule has 24 heavy (non-hydrogen) atoms. The summed E-state index contributed by atoms with van der Waals surface area (Å²) in [6, 6.07) is 8.15. The molecule has 1 aromatic carbocycles. The standard InChI is InChI=1S/C18H28N2O3S/c21-17-10-4-2-1-3-5-12-20(13-7-11-19-18(22)23)24-16-9-6-8-15(17)14-16/h6,8-9,14,17,19,21H,1-5,7,10-13H2,(H,22,23). The summed E-state index contributed by atoms with van der Waals surface area (Å²) in [5.41, 5.74) is 0.992. The molecule has 0 saturated heterocycles. The second-order valence-corrected chi connectivity index (χ2v) is 7.42. The number of nitrogens with zero attached hydrogens (tertiary/aromatic N) is 1. The van der Waals surface area contributed by atoms with E-state index in [1.807, 2.05) is 12.1 Å². The largest absolute Gasteiger partial charge is 0.465 e. The predicted molar refractivity (Wildman–Crippen MR) is 97.2 cm³/mol. The molecule has 2 rings (SSSR count). The second-order valence-electron chi connectivity index (χ2n) is 6.25. The Hall–Kier alpha value is -1.24. The van der Waals surface area contributed by atoms with E-state index in [1.165, 1.54) is 19.3 Å². The van der Waals surface area contributed by atoms with Gasteiger partial charge in [0.25, 0.3) is 0 Å². The van der Waals surface area contributed by atoms with E-state index in [0.717, 1.165) is 49.2 Å². The number of rotatable bonds is 4. The molecule has 1 heterocycles. The lowest BCUT2D eigenvalue weighted by Crippen LogP contribution is -2.26. The molecule has 1 aliphatic rings. The first-order valence-electron chi connectivity index (χ1n) is 8.83. The SMILES string of the molecule is O=C(O)NCCCN1CCCCCCCC(O)c2cccc(c2)S1. The van der Waals surface area contributed by atoms with E-state index < -0.39 is 6.09 Å². The maximum absolute atomic E-state index is 10.5. The molecule has 0 radical (unpaired) electrons. The summed E-state index contributed by atoms with van der Waals surface area (Å²) in [5.74, 6) is 0. The van der Waals surface area contributed by atoms with Crippen LogP contribution in [0, 0.1) is 0 Å². The van der Waals surface area contributed by atoms with Crippen LogP contribution >= 0.6 is 11.9 Å². The first kappa shape index (κ1) is 19.1. The molecule has 1 aromatic rings. The van der Waals surface area contributed by atoms with Gasteiger partial charge in [0.1, 0.15) is 0 Å². The number of carbonyl (C=O) groups is 1. The number of amides is 1. The molecule has 0 fully saturated rings. The summed E-state index contributed by atoms with van der Waals surface area (Å²) in [6.07, 6.45) is 6.10. The molecule has 1 aliphatic heterocycles. The third kappa shape index (κ3) is 7.11. The Bertz CT molecular complexity index is 513. The van der Waals surface area contributed by atoms with Crippen LogP contribution in [0.4, 0.5) is 4.79 Å². The van der Waals surface area contributed by atoms with Crippen molar-refractivity contribution in [2.45, 2.75) is 55.9 Å². The van der Waals surface area contributed by atoms with Gasteiger partial charge < -0.3 is 15.5 Å². The van der Waals surface area contributed by atoms with Gasteiger partial charge in [0, 0.05) is 24.5 Å². The maximum atomic E-state index is 10.5. The van der Waals surface area contributed by atoms with Gasteiger partial charge in [-0.15, -0.1) is 0 Å². The molecule has 0 spiro atoms. The molecule has 0 aliphatic carbocycles. The van der Waals surface area contributed by atoms with Crippen molar-refractivity contribution in [2.75, 3.05) is 19.6 Å². The minimum Gasteiger partial charge on any atom is -0.465 e. The number of nitrogens with one attached hydrogen (secondary N) is 1. The highest BCUT2D eigenvalue weighted by atomic mass is 32.2. The van der Waals surface area contributed by atoms with Crippen LogP contribution in [0.15, 0.2) is 29.2 Å². The van der Waals surface area contributed by atoms with Gasteiger partial charge in [-0.3, -0.25) is 0 Å². The van der Waals surface area contributed by atoms with Gasteiger partial charge in [0.2, 0.25) is 0 Å². The highest BCUT2D eigenvalue weighted by molar-refractivity contribution is 7.97. The van der Waals surface area contributed by atoms with E-state index in [9.17, 15) is 9.90 Å². The van der Waals surface area contributed by atoms with Crippen molar-refractivity contribution in [1.29, 1.82) is 0 Å². The van der Waals surface area contributed by atoms with Crippen LogP contribution < -0.4 is 5.32 Å². The number of carboxylic acid groups (broad SMARTS) is 1. The minimum absolute atomic E-state index is 0.375. The lowest BCUT2D eigenvalue weighted by atomic mass is 10.0. The summed E-state index contributed by atoms with van der Waals surface area (Å²) in [5, 5.41) is 21.4. The fourth-order valence-corrected chi connectivity index (χ4v) is 3.97. The molecule has 0 saturated carbocycles. The highest BCUT2D eigenvalue weighted by Gasteiger charge is 2.12. The lowest BCUT2D eigenvalue weighted by Gasteiger charge is -2.21. The normalized spacial score (nSPS) is 20.5. The van der Waals surface area contributed by atoms with Gasteiger partial charge in [0.05, 0.1) is 6.10 Å². The molecule has 2 bridgehead atoms. The van der Waals surface area contributed by atoms with Gasteiger partial charge >= 0.3 is 6.09 Å². The summed E-state index contributed by atoms with van der Waals surface area (Å²) in [7, 11) is 0. The van der Waals surface area contributed by atoms with Crippen LogP contribution in [0.5, 0.6) is 0 Å². The first-order chi connectivity index (χ1) is 11.6. The maximum Gasteiger partial charge on any atom is 0.404 e. The number of fused-ring (bicyclic) bond motifs is 2. The third-order valence-electron chi connectivity index (χ3n) is 4.22. The molecule has 1 unspecified atom stereocenters. The van der Waals surface area contributed by atoms with E-state index in [0.29, 0.717) is 6.54 Å². The average molecular weight is 352 g/mol. The first-order valence-corrected chi connectivity index (χ1v) is 9.60. The molecular formula is C18H28N2O3S. The van der Waals surface area contributed by atoms with Crippen molar-refractivity contribution in [3.63, 3.8) is 0 Å². The zero-order chi connectivity index (χ0) is 17.2. The summed E-state index contributed by atoms with van der Waals surface area (Å²) in [4.78, 5) is 11.7. The summed E-state index contributed by atoms with van der Waals surface area (Å²) >= 11 is 1.71.